The third kappa shape index (κ3) is 4.24. The molecule has 4 atom stereocenters. The number of aliphatic hydroxyl groups excluding tert-OH is 1. The van der Waals surface area contributed by atoms with Crippen LogP contribution in [0.25, 0.3) is 22.4 Å². The predicted molar refractivity (Wildman–Crippen MR) is 126 cm³/mol. The van der Waals surface area contributed by atoms with Crippen LogP contribution >= 0.6 is 0 Å². The number of aromatic nitrogens is 3. The van der Waals surface area contributed by atoms with Crippen LogP contribution in [0.4, 0.5) is 5.82 Å². The highest BCUT2D eigenvalue weighted by Crippen LogP contribution is 2.34. The Morgan fingerprint density at radius 2 is 1.97 bits per heavy atom. The first-order valence-electron chi connectivity index (χ1n) is 11.9. The molecule has 3 aromatic rings. The normalized spacial score (nSPS) is 26.5. The Labute approximate surface area is 189 Å². The maximum atomic E-state index is 10.3. The molecule has 4 unspecified atom stereocenters. The first-order chi connectivity index (χ1) is 15.6. The SMILES string of the molecule is Cc1noc(-c2cc3ccccc3nc2N2CCC(NC3CCCCC3C)C(CO)C2)n1. The van der Waals surface area contributed by atoms with Crippen LogP contribution in [0.15, 0.2) is 34.9 Å². The number of piperidine rings is 1. The van der Waals surface area contributed by atoms with E-state index in [1.807, 2.05) is 25.1 Å². The Bertz CT molecular complexity index is 1070. The summed E-state index contributed by atoms with van der Waals surface area (Å²) >= 11 is 0. The highest BCUT2D eigenvalue weighted by Gasteiger charge is 2.34. The van der Waals surface area contributed by atoms with Gasteiger partial charge in [0.2, 0.25) is 0 Å². The van der Waals surface area contributed by atoms with Gasteiger partial charge in [-0.15, -0.1) is 0 Å². The Morgan fingerprint density at radius 1 is 1.12 bits per heavy atom. The molecule has 1 saturated carbocycles. The van der Waals surface area contributed by atoms with Crippen molar-refractivity contribution in [3.8, 4) is 11.5 Å². The standard InChI is InChI=1S/C25H33N5O2/c1-16-7-3-5-9-21(16)27-23-11-12-30(14-19(23)15-31)24-20(25-26-17(2)29-32-25)13-18-8-4-6-10-22(18)28-24/h4,6,8,10,13,16,19,21,23,27,31H,3,5,7,9,11-12,14-15H2,1-2H3. The van der Waals surface area contributed by atoms with E-state index in [1.165, 1.54) is 25.7 Å². The Kier molecular flexibility index (Phi) is 6.11. The number of fused-ring (bicyclic) bond motifs is 1. The second-order valence-electron chi connectivity index (χ2n) is 9.52. The Balaban J connectivity index is 1.42. The van der Waals surface area contributed by atoms with Crippen LogP contribution in [-0.4, -0.2) is 52.0 Å². The van der Waals surface area contributed by atoms with Gasteiger partial charge in [-0.05, 0) is 44.2 Å². The van der Waals surface area contributed by atoms with Crippen molar-refractivity contribution in [2.24, 2.45) is 11.8 Å². The van der Waals surface area contributed by atoms with Crippen LogP contribution in [0.3, 0.4) is 0 Å². The zero-order chi connectivity index (χ0) is 22.1. The van der Waals surface area contributed by atoms with E-state index in [9.17, 15) is 5.11 Å². The summed E-state index contributed by atoms with van der Waals surface area (Å²) in [6.07, 6.45) is 6.16. The van der Waals surface area contributed by atoms with Gasteiger partial charge in [-0.3, -0.25) is 0 Å². The smallest absolute Gasteiger partial charge is 0.261 e. The van der Waals surface area contributed by atoms with E-state index in [2.05, 4.69) is 39.4 Å². The number of aliphatic hydroxyl groups is 1. The summed E-state index contributed by atoms with van der Waals surface area (Å²) < 4.78 is 5.53. The molecule has 7 nitrogen and oxygen atoms in total. The molecule has 5 rings (SSSR count). The lowest BCUT2D eigenvalue weighted by Crippen LogP contribution is -2.55. The van der Waals surface area contributed by atoms with Crippen LogP contribution in [0.2, 0.25) is 0 Å². The van der Waals surface area contributed by atoms with Gasteiger partial charge < -0.3 is 19.8 Å². The third-order valence-corrected chi connectivity index (χ3v) is 7.27. The molecule has 3 heterocycles. The quantitative estimate of drug-likeness (QED) is 0.627. The molecule has 32 heavy (non-hydrogen) atoms. The average molecular weight is 436 g/mol. The summed E-state index contributed by atoms with van der Waals surface area (Å²) in [7, 11) is 0. The predicted octanol–water partition coefficient (Wildman–Crippen LogP) is 3.95. The molecule has 2 aliphatic rings. The first kappa shape index (κ1) is 21.3. The third-order valence-electron chi connectivity index (χ3n) is 7.27. The number of hydrogen-bond donors (Lipinski definition) is 2. The topological polar surface area (TPSA) is 87.3 Å². The molecule has 2 fully saturated rings. The number of anilines is 1. The van der Waals surface area contributed by atoms with Gasteiger partial charge in [0.25, 0.3) is 5.89 Å². The van der Waals surface area contributed by atoms with E-state index in [4.69, 9.17) is 9.51 Å². The first-order valence-corrected chi connectivity index (χ1v) is 11.9. The lowest BCUT2D eigenvalue weighted by molar-refractivity contribution is 0.148. The van der Waals surface area contributed by atoms with Gasteiger partial charge in [-0.1, -0.05) is 43.1 Å². The minimum atomic E-state index is 0.156. The highest BCUT2D eigenvalue weighted by atomic mass is 16.5. The van der Waals surface area contributed by atoms with Crippen molar-refractivity contribution < 1.29 is 9.63 Å². The average Bonchev–Trinajstić information content (AvgIpc) is 3.26. The number of nitrogens with one attached hydrogen (secondary N) is 1. The van der Waals surface area contributed by atoms with Gasteiger partial charge in [0, 0.05) is 43.1 Å². The fraction of sp³-hybridized carbons (Fsp3) is 0.560. The summed E-state index contributed by atoms with van der Waals surface area (Å²) in [5, 5.41) is 19.2. The number of aryl methyl sites for hydroxylation is 1. The fourth-order valence-corrected chi connectivity index (χ4v) is 5.38. The lowest BCUT2D eigenvalue weighted by atomic mass is 9.83. The van der Waals surface area contributed by atoms with E-state index >= 15 is 0 Å². The molecule has 7 heteroatoms. The van der Waals surface area contributed by atoms with Gasteiger partial charge in [0.1, 0.15) is 5.82 Å². The van der Waals surface area contributed by atoms with E-state index in [1.54, 1.807) is 0 Å². The Morgan fingerprint density at radius 3 is 2.75 bits per heavy atom. The number of hydrogen-bond acceptors (Lipinski definition) is 7. The van der Waals surface area contributed by atoms with Crippen molar-refractivity contribution in [3.63, 3.8) is 0 Å². The molecule has 0 bridgehead atoms. The second-order valence-corrected chi connectivity index (χ2v) is 9.52. The van der Waals surface area contributed by atoms with Gasteiger partial charge in [-0.25, -0.2) is 4.98 Å². The monoisotopic (exact) mass is 435 g/mol. The van der Waals surface area contributed by atoms with Crippen LogP contribution < -0.4 is 10.2 Å². The number of para-hydroxylation sites is 1. The van der Waals surface area contributed by atoms with Crippen LogP contribution in [-0.2, 0) is 0 Å². The van der Waals surface area contributed by atoms with Crippen molar-refractivity contribution in [2.75, 3.05) is 24.6 Å². The minimum absolute atomic E-state index is 0.156. The van der Waals surface area contributed by atoms with Crippen molar-refractivity contribution in [1.29, 1.82) is 0 Å². The highest BCUT2D eigenvalue weighted by molar-refractivity contribution is 5.87. The molecule has 2 N–H and O–H groups in total. The number of pyridine rings is 1. The molecule has 0 amide bonds. The summed E-state index contributed by atoms with van der Waals surface area (Å²) in [5.41, 5.74) is 1.80. The number of benzene rings is 1. The molecule has 1 aliphatic carbocycles. The molecule has 1 aromatic carbocycles. The summed E-state index contributed by atoms with van der Waals surface area (Å²) in [6, 6.07) is 11.1. The maximum absolute atomic E-state index is 10.3. The number of nitrogens with zero attached hydrogens (tertiary/aromatic N) is 4. The molecular weight excluding hydrogens is 402 g/mol. The zero-order valence-electron chi connectivity index (χ0n) is 19.0. The zero-order valence-corrected chi connectivity index (χ0v) is 19.0. The van der Waals surface area contributed by atoms with Gasteiger partial charge >= 0.3 is 0 Å². The Hall–Kier alpha value is -2.51. The van der Waals surface area contributed by atoms with Crippen molar-refractivity contribution in [3.05, 3.63) is 36.2 Å². The van der Waals surface area contributed by atoms with Gasteiger partial charge in [0.05, 0.1) is 11.1 Å². The summed E-state index contributed by atoms with van der Waals surface area (Å²) in [6.45, 7) is 5.98. The maximum Gasteiger partial charge on any atom is 0.261 e. The van der Waals surface area contributed by atoms with Gasteiger partial charge in [-0.2, -0.15) is 4.98 Å². The number of rotatable bonds is 5. The molecule has 170 valence electrons. The molecular formula is C25H33N5O2. The largest absolute Gasteiger partial charge is 0.396 e. The van der Waals surface area contributed by atoms with Gasteiger partial charge in [0.15, 0.2) is 5.82 Å². The molecule has 2 aromatic heterocycles. The van der Waals surface area contributed by atoms with Crippen LogP contribution in [0.1, 0.15) is 44.9 Å². The lowest BCUT2D eigenvalue weighted by Gasteiger charge is -2.42. The minimum Gasteiger partial charge on any atom is -0.396 e. The van der Waals surface area contributed by atoms with E-state index in [0.717, 1.165) is 41.8 Å². The fourth-order valence-electron chi connectivity index (χ4n) is 5.38. The molecule has 0 spiro atoms. The molecule has 1 saturated heterocycles. The van der Waals surface area contributed by atoms with E-state index in [-0.39, 0.29) is 12.5 Å². The molecule has 0 radical (unpaired) electrons. The second kappa shape index (κ2) is 9.16. The summed E-state index contributed by atoms with van der Waals surface area (Å²) in [5.74, 6) is 2.82. The summed E-state index contributed by atoms with van der Waals surface area (Å²) in [4.78, 5) is 11.8. The van der Waals surface area contributed by atoms with Crippen LogP contribution in [0.5, 0.6) is 0 Å². The van der Waals surface area contributed by atoms with Crippen molar-refractivity contribution >= 4 is 16.7 Å². The van der Waals surface area contributed by atoms with Crippen molar-refractivity contribution in [1.82, 2.24) is 20.4 Å². The molecule has 1 aliphatic heterocycles. The van der Waals surface area contributed by atoms with E-state index < -0.39 is 0 Å². The van der Waals surface area contributed by atoms with Crippen LogP contribution in [0, 0.1) is 18.8 Å². The van der Waals surface area contributed by atoms with E-state index in [0.29, 0.717) is 29.7 Å². The van der Waals surface area contributed by atoms with Crippen molar-refractivity contribution in [2.45, 2.75) is 58.0 Å².